The van der Waals surface area contributed by atoms with Gasteiger partial charge >= 0.3 is 6.09 Å². The van der Waals surface area contributed by atoms with E-state index in [0.717, 1.165) is 75.0 Å². The first-order valence-electron chi connectivity index (χ1n) is 16.4. The lowest BCUT2D eigenvalue weighted by atomic mass is 9.86. The van der Waals surface area contributed by atoms with Gasteiger partial charge in [0.1, 0.15) is 18.6 Å². The zero-order valence-electron chi connectivity index (χ0n) is 26.7. The fourth-order valence-corrected chi connectivity index (χ4v) is 6.12. The van der Waals surface area contributed by atoms with Crippen LogP contribution < -0.4 is 10.6 Å². The Labute approximate surface area is 281 Å². The lowest BCUT2D eigenvalue weighted by molar-refractivity contribution is -0.114. The van der Waals surface area contributed by atoms with E-state index in [4.69, 9.17) is 21.1 Å². The number of allylic oxidation sites excluding steroid dienone is 4. The molecule has 9 nitrogen and oxygen atoms in total. The van der Waals surface area contributed by atoms with Crippen molar-refractivity contribution in [3.63, 3.8) is 0 Å². The number of benzene rings is 2. The van der Waals surface area contributed by atoms with Crippen molar-refractivity contribution < 1.29 is 23.9 Å². The summed E-state index contributed by atoms with van der Waals surface area (Å²) in [5.41, 5.74) is 3.54. The molecule has 2 heterocycles. The number of likely N-dealkylation sites (tertiary alicyclic amines) is 1. The Hall–Kier alpha value is -4.34. The smallest absolute Gasteiger partial charge is 0.407 e. The Morgan fingerprint density at radius 3 is 2.55 bits per heavy atom. The van der Waals surface area contributed by atoms with Gasteiger partial charge in [-0.3, -0.25) is 9.59 Å². The molecular weight excluding hydrogens is 616 g/mol. The second-order valence-corrected chi connectivity index (χ2v) is 12.4. The third kappa shape index (κ3) is 10.6. The quantitative estimate of drug-likeness (QED) is 0.225. The Kier molecular flexibility index (Phi) is 12.7. The van der Waals surface area contributed by atoms with Gasteiger partial charge in [0.2, 0.25) is 0 Å². The molecule has 10 heteroatoms. The van der Waals surface area contributed by atoms with E-state index < -0.39 is 6.09 Å². The lowest BCUT2D eigenvalue weighted by Crippen LogP contribution is -2.38. The van der Waals surface area contributed by atoms with Crippen LogP contribution in [0.3, 0.4) is 0 Å². The zero-order valence-corrected chi connectivity index (χ0v) is 27.4. The number of hydrogen-bond donors (Lipinski definition) is 2. The van der Waals surface area contributed by atoms with Gasteiger partial charge in [-0.15, -0.1) is 0 Å². The minimum absolute atomic E-state index is 0.0812. The highest BCUT2D eigenvalue weighted by Gasteiger charge is 2.25. The molecule has 0 saturated carbocycles. The monoisotopic (exact) mass is 658 g/mol. The molecule has 2 aliphatic heterocycles. The van der Waals surface area contributed by atoms with Crippen LogP contribution in [0.1, 0.15) is 65.9 Å². The maximum absolute atomic E-state index is 13.2. The van der Waals surface area contributed by atoms with E-state index in [9.17, 15) is 14.4 Å². The van der Waals surface area contributed by atoms with Crippen LogP contribution in [0.5, 0.6) is 0 Å². The van der Waals surface area contributed by atoms with E-state index in [-0.39, 0.29) is 24.2 Å². The molecule has 2 aromatic rings. The average Bonchev–Trinajstić information content (AvgIpc) is 3.10. The Balaban J connectivity index is 1.00. The molecule has 2 amide bonds. The SMILES string of the molecule is O=C1C=CC=C(C2=CN(CCN3CCC(c4ccc(Cl)cc4C(=O)NCCCCCNC(=O)OCc4ccccc4)CC3)C=CO2)C1. The third-order valence-corrected chi connectivity index (χ3v) is 8.81. The van der Waals surface area contributed by atoms with E-state index in [1.165, 1.54) is 0 Å². The maximum atomic E-state index is 13.2. The normalized spacial score (nSPS) is 16.7. The first-order valence-corrected chi connectivity index (χ1v) is 16.8. The summed E-state index contributed by atoms with van der Waals surface area (Å²) in [5.74, 6) is 0.985. The van der Waals surface area contributed by atoms with E-state index in [1.54, 1.807) is 24.5 Å². The molecule has 248 valence electrons. The summed E-state index contributed by atoms with van der Waals surface area (Å²) in [6.45, 7) is 4.92. The van der Waals surface area contributed by atoms with E-state index in [1.807, 2.05) is 60.9 Å². The van der Waals surface area contributed by atoms with Gasteiger partial charge in [0.25, 0.3) is 5.91 Å². The van der Waals surface area contributed by atoms with Crippen LogP contribution in [0.15, 0.2) is 96.8 Å². The molecule has 47 heavy (non-hydrogen) atoms. The standard InChI is InChI=1S/C37H43ClN4O5/c38-31-12-13-33(34(25-31)36(44)39-16-5-2-6-17-40-37(45)47-27-28-8-3-1-4-9-28)29-14-18-41(19-15-29)20-21-42-22-23-46-35(26-42)30-10-7-11-32(43)24-30/h1,3-4,7-13,22-23,25-26,29H,2,5-6,14-21,24,27H2,(H,39,44)(H,40,45). The van der Waals surface area contributed by atoms with Crippen molar-refractivity contribution in [3.8, 4) is 0 Å². The predicted octanol–water partition coefficient (Wildman–Crippen LogP) is 6.45. The zero-order chi connectivity index (χ0) is 32.8. The minimum atomic E-state index is -0.424. The highest BCUT2D eigenvalue weighted by molar-refractivity contribution is 6.31. The molecule has 1 saturated heterocycles. The molecule has 3 aliphatic rings. The Morgan fingerprint density at radius 1 is 0.979 bits per heavy atom. The minimum Gasteiger partial charge on any atom is -0.462 e. The second-order valence-electron chi connectivity index (χ2n) is 12.0. The number of carbonyl (C=O) groups excluding carboxylic acids is 3. The molecular formula is C37H43ClN4O5. The second kappa shape index (κ2) is 17.5. The van der Waals surface area contributed by atoms with Crippen LogP contribution in [-0.4, -0.2) is 66.9 Å². The first-order chi connectivity index (χ1) is 22.9. The van der Waals surface area contributed by atoms with Crippen molar-refractivity contribution >= 4 is 29.4 Å². The summed E-state index contributed by atoms with van der Waals surface area (Å²) in [7, 11) is 0. The largest absolute Gasteiger partial charge is 0.462 e. The van der Waals surface area contributed by atoms with Gasteiger partial charge in [0.15, 0.2) is 5.78 Å². The van der Waals surface area contributed by atoms with Gasteiger partial charge < -0.3 is 29.9 Å². The van der Waals surface area contributed by atoms with Crippen molar-refractivity contribution in [1.82, 2.24) is 20.4 Å². The van der Waals surface area contributed by atoms with Crippen molar-refractivity contribution in [2.75, 3.05) is 39.3 Å². The van der Waals surface area contributed by atoms with Gasteiger partial charge in [-0.25, -0.2) is 4.79 Å². The molecule has 0 radical (unpaired) electrons. The van der Waals surface area contributed by atoms with Gasteiger partial charge in [-0.2, -0.15) is 0 Å². The van der Waals surface area contributed by atoms with E-state index in [0.29, 0.717) is 35.9 Å². The molecule has 0 unspecified atom stereocenters. The molecule has 1 aliphatic carbocycles. The number of rotatable bonds is 14. The molecule has 2 aromatic carbocycles. The van der Waals surface area contributed by atoms with Crippen molar-refractivity contribution in [2.24, 2.45) is 0 Å². The fourth-order valence-electron chi connectivity index (χ4n) is 5.94. The summed E-state index contributed by atoms with van der Waals surface area (Å²) in [6.07, 6.45) is 15.2. The maximum Gasteiger partial charge on any atom is 0.407 e. The molecule has 0 spiro atoms. The van der Waals surface area contributed by atoms with Gasteiger partial charge in [0, 0.05) is 61.2 Å². The molecule has 5 rings (SSSR count). The highest BCUT2D eigenvalue weighted by Crippen LogP contribution is 2.32. The van der Waals surface area contributed by atoms with Crippen LogP contribution in [0.2, 0.25) is 5.02 Å². The number of unbranched alkanes of at least 4 members (excludes halogenated alkanes) is 2. The van der Waals surface area contributed by atoms with Crippen LogP contribution in [0, 0.1) is 0 Å². The molecule has 2 N–H and O–H groups in total. The van der Waals surface area contributed by atoms with Crippen LogP contribution in [0.4, 0.5) is 4.79 Å². The topological polar surface area (TPSA) is 100 Å². The third-order valence-electron chi connectivity index (χ3n) is 8.57. The summed E-state index contributed by atoms with van der Waals surface area (Å²) in [6, 6.07) is 15.2. The first kappa shape index (κ1) is 34.0. The number of halogens is 1. The number of piperidine rings is 1. The summed E-state index contributed by atoms with van der Waals surface area (Å²) < 4.78 is 10.9. The van der Waals surface area contributed by atoms with Crippen LogP contribution in [0.25, 0.3) is 0 Å². The fraction of sp³-hybridized carbons (Fsp3) is 0.378. The molecule has 1 fully saturated rings. The molecule has 0 bridgehead atoms. The Morgan fingerprint density at radius 2 is 1.77 bits per heavy atom. The van der Waals surface area contributed by atoms with Crippen molar-refractivity contribution in [2.45, 2.75) is 51.0 Å². The number of amides is 2. The average molecular weight is 659 g/mol. The number of ketones is 1. The van der Waals surface area contributed by atoms with E-state index >= 15 is 0 Å². The number of nitrogens with one attached hydrogen (secondary N) is 2. The molecule has 0 atom stereocenters. The number of hydrogen-bond acceptors (Lipinski definition) is 7. The summed E-state index contributed by atoms with van der Waals surface area (Å²) >= 11 is 6.33. The van der Waals surface area contributed by atoms with Crippen LogP contribution >= 0.6 is 11.6 Å². The molecule has 0 aromatic heterocycles. The summed E-state index contributed by atoms with van der Waals surface area (Å²) in [5, 5.41) is 6.40. The number of alkyl carbamates (subject to hydrolysis) is 1. The summed E-state index contributed by atoms with van der Waals surface area (Å²) in [4.78, 5) is 41.5. The van der Waals surface area contributed by atoms with Gasteiger partial charge in [-0.05, 0) is 80.4 Å². The van der Waals surface area contributed by atoms with Crippen LogP contribution in [-0.2, 0) is 20.9 Å². The van der Waals surface area contributed by atoms with Crippen molar-refractivity contribution in [1.29, 1.82) is 0 Å². The Bertz CT molecular complexity index is 1510. The van der Waals surface area contributed by atoms with E-state index in [2.05, 4.69) is 20.4 Å². The number of ether oxygens (including phenoxy) is 2. The highest BCUT2D eigenvalue weighted by atomic mass is 35.5. The van der Waals surface area contributed by atoms with Gasteiger partial charge in [-0.1, -0.05) is 60.2 Å². The van der Waals surface area contributed by atoms with Crippen molar-refractivity contribution in [3.05, 3.63) is 118 Å². The predicted molar refractivity (Wildman–Crippen MR) is 183 cm³/mol. The number of carbonyl (C=O) groups is 3. The lowest BCUT2D eigenvalue weighted by Gasteiger charge is -2.34. The number of nitrogens with zero attached hydrogens (tertiary/aromatic N) is 2. The van der Waals surface area contributed by atoms with Gasteiger partial charge in [0.05, 0.1) is 0 Å².